The molecule has 218 valence electrons. The number of benzene rings is 1. The van der Waals surface area contributed by atoms with Gasteiger partial charge in [0.15, 0.2) is 6.17 Å². The number of amides is 1. The van der Waals surface area contributed by atoms with Crippen LogP contribution in [0.15, 0.2) is 52.2 Å². The molecule has 41 heavy (non-hydrogen) atoms. The molecule has 1 atom stereocenters. The number of alkyl halides is 4. The van der Waals surface area contributed by atoms with E-state index in [1.807, 2.05) is 16.5 Å². The lowest BCUT2D eigenvalue weighted by Crippen LogP contribution is -2.39. The predicted molar refractivity (Wildman–Crippen MR) is 143 cm³/mol. The van der Waals surface area contributed by atoms with Gasteiger partial charge in [-0.05, 0) is 31.3 Å². The van der Waals surface area contributed by atoms with Gasteiger partial charge in [-0.2, -0.15) is 18.2 Å². The second-order valence-corrected chi connectivity index (χ2v) is 9.85. The molecule has 14 heteroatoms. The van der Waals surface area contributed by atoms with Crippen molar-refractivity contribution in [2.45, 2.75) is 38.4 Å². The maximum absolute atomic E-state index is 14.7. The molecule has 1 amide bonds. The van der Waals surface area contributed by atoms with E-state index in [4.69, 9.17) is 9.26 Å². The highest BCUT2D eigenvalue weighted by Crippen LogP contribution is 2.35. The van der Waals surface area contributed by atoms with Crippen LogP contribution in [0.3, 0.4) is 0 Å². The number of hydrogen-bond donors (Lipinski definition) is 1. The van der Waals surface area contributed by atoms with E-state index in [1.54, 1.807) is 37.7 Å². The van der Waals surface area contributed by atoms with Gasteiger partial charge >= 0.3 is 6.18 Å². The molecule has 0 radical (unpaired) electrons. The van der Waals surface area contributed by atoms with Crippen LogP contribution in [0.2, 0.25) is 0 Å². The molecule has 1 fully saturated rings. The molecule has 4 aromatic rings. The summed E-state index contributed by atoms with van der Waals surface area (Å²) in [6.45, 7) is 0.495. The average Bonchev–Trinajstić information content (AvgIpc) is 3.66. The Bertz CT molecular complexity index is 1560. The summed E-state index contributed by atoms with van der Waals surface area (Å²) in [6.07, 6.45) is -1.97. The summed E-state index contributed by atoms with van der Waals surface area (Å²) in [7, 11) is 3.40. The van der Waals surface area contributed by atoms with Crippen molar-refractivity contribution >= 4 is 28.2 Å². The third-order valence-electron chi connectivity index (χ3n) is 6.77. The monoisotopic (exact) mass is 575 g/mol. The van der Waals surface area contributed by atoms with Gasteiger partial charge in [0.2, 0.25) is 11.7 Å². The van der Waals surface area contributed by atoms with Crippen molar-refractivity contribution < 1.29 is 31.6 Å². The quantitative estimate of drug-likeness (QED) is 0.297. The number of methoxy groups -OCH3 is 1. The Balaban J connectivity index is 1.41. The first-order chi connectivity index (χ1) is 19.6. The van der Waals surface area contributed by atoms with Crippen molar-refractivity contribution in [1.82, 2.24) is 29.5 Å². The van der Waals surface area contributed by atoms with Crippen LogP contribution in [0.4, 0.5) is 23.2 Å². The van der Waals surface area contributed by atoms with Crippen molar-refractivity contribution in [1.29, 1.82) is 0 Å². The van der Waals surface area contributed by atoms with Gasteiger partial charge < -0.3 is 28.6 Å². The molecular formula is C27H29F4N7O3. The molecule has 1 saturated heterocycles. The number of ether oxygens (including phenoxy) is 1. The van der Waals surface area contributed by atoms with Crippen LogP contribution in [0.1, 0.15) is 22.7 Å². The highest BCUT2D eigenvalue weighted by Gasteiger charge is 2.31. The number of carbonyl (C=O) groups is 1. The zero-order valence-electron chi connectivity index (χ0n) is 22.5. The van der Waals surface area contributed by atoms with Crippen molar-refractivity contribution in [3.63, 3.8) is 0 Å². The summed E-state index contributed by atoms with van der Waals surface area (Å²) < 4.78 is 68.7. The lowest BCUT2D eigenvalue weighted by atomic mass is 10.1. The second-order valence-electron chi connectivity index (χ2n) is 9.85. The zero-order chi connectivity index (χ0) is 29.1. The van der Waals surface area contributed by atoms with Crippen molar-refractivity contribution in [3.8, 4) is 11.5 Å². The molecular weight excluding hydrogens is 546 g/mol. The molecule has 0 spiro atoms. The number of halogens is 4. The van der Waals surface area contributed by atoms with Gasteiger partial charge in [0.1, 0.15) is 6.54 Å². The number of nitrogens with zero attached hydrogens (tertiary/aromatic N) is 6. The number of likely N-dealkylation sites (tertiary alicyclic amines) is 1. The SMILES string of the molecule is COCCn1ccc(C(=O)NCc2nc(-c3cc4c(N=C5CCN(C)C[C@@H]5F)cccc4n3CC(F)(F)F)no2)c1. The van der Waals surface area contributed by atoms with E-state index in [9.17, 15) is 22.4 Å². The highest BCUT2D eigenvalue weighted by atomic mass is 19.4. The normalized spacial score (nSPS) is 17.5. The topological polar surface area (TPSA) is 103 Å². The molecule has 3 aromatic heterocycles. The van der Waals surface area contributed by atoms with Gasteiger partial charge in [-0.25, -0.2) is 4.39 Å². The van der Waals surface area contributed by atoms with Gasteiger partial charge in [-0.3, -0.25) is 9.79 Å². The first kappa shape index (κ1) is 28.5. The fraction of sp³-hybridized carbons (Fsp3) is 0.407. The van der Waals surface area contributed by atoms with Crippen molar-refractivity contribution in [3.05, 3.63) is 54.2 Å². The number of aromatic nitrogens is 4. The van der Waals surface area contributed by atoms with E-state index in [1.165, 1.54) is 12.1 Å². The second kappa shape index (κ2) is 11.8. The van der Waals surface area contributed by atoms with E-state index < -0.39 is 18.9 Å². The molecule has 4 heterocycles. The molecule has 0 aliphatic carbocycles. The molecule has 5 rings (SSSR count). The van der Waals surface area contributed by atoms with Crippen molar-refractivity contribution in [2.75, 3.05) is 33.9 Å². The zero-order valence-corrected chi connectivity index (χ0v) is 22.5. The standard InChI is InChI=1S/C27H29F4N7O3/c1-36-8-7-21(19(28)15-36)33-20-4-3-5-22-18(20)12-23(38(22)16-27(29,30)31)25-34-24(41-35-25)13-32-26(39)17-6-9-37(14-17)10-11-40-2/h3-6,9,12,14,19H,7-8,10-11,13,15-16H2,1-2H3,(H,32,39)/t19-/m0/s1. The summed E-state index contributed by atoms with van der Waals surface area (Å²) in [4.78, 5) is 23.1. The minimum atomic E-state index is -4.54. The van der Waals surface area contributed by atoms with Crippen LogP contribution in [0.25, 0.3) is 22.4 Å². The maximum Gasteiger partial charge on any atom is 0.406 e. The molecule has 1 aliphatic rings. The number of piperidine rings is 1. The van der Waals surface area contributed by atoms with E-state index in [0.717, 1.165) is 4.57 Å². The predicted octanol–water partition coefficient (Wildman–Crippen LogP) is 4.38. The molecule has 1 aromatic carbocycles. The Morgan fingerprint density at radius 1 is 1.29 bits per heavy atom. The lowest BCUT2D eigenvalue weighted by molar-refractivity contribution is -0.139. The molecule has 10 nitrogen and oxygen atoms in total. The average molecular weight is 576 g/mol. The largest absolute Gasteiger partial charge is 0.406 e. The summed E-state index contributed by atoms with van der Waals surface area (Å²) in [5, 5.41) is 6.95. The number of nitrogens with one attached hydrogen (secondary N) is 1. The van der Waals surface area contributed by atoms with Crippen LogP contribution in [0, 0.1) is 0 Å². The summed E-state index contributed by atoms with van der Waals surface area (Å²) in [5.41, 5.74) is 1.44. The van der Waals surface area contributed by atoms with E-state index in [-0.39, 0.29) is 41.9 Å². The number of aliphatic imine (C=N–C) groups is 1. The Morgan fingerprint density at radius 2 is 2.12 bits per heavy atom. The summed E-state index contributed by atoms with van der Waals surface area (Å²) >= 11 is 0. The molecule has 0 bridgehead atoms. The number of rotatable bonds is 9. The molecule has 1 N–H and O–H groups in total. The first-order valence-corrected chi connectivity index (χ1v) is 13.0. The van der Waals surface area contributed by atoms with Gasteiger partial charge in [0, 0.05) is 50.9 Å². The minimum Gasteiger partial charge on any atom is -0.383 e. The number of carbonyl (C=O) groups excluding carboxylic acids is 1. The van der Waals surface area contributed by atoms with Crippen LogP contribution >= 0.6 is 0 Å². The first-order valence-electron chi connectivity index (χ1n) is 13.0. The third kappa shape index (κ3) is 6.65. The van der Waals surface area contributed by atoms with Crippen LogP contribution in [-0.2, 0) is 24.4 Å². The number of fused-ring (bicyclic) bond motifs is 1. The molecule has 0 saturated carbocycles. The fourth-order valence-corrected chi connectivity index (χ4v) is 4.71. The smallest absolute Gasteiger partial charge is 0.383 e. The molecule has 1 aliphatic heterocycles. The molecule has 0 unspecified atom stereocenters. The maximum atomic E-state index is 14.7. The van der Waals surface area contributed by atoms with Crippen LogP contribution < -0.4 is 5.32 Å². The lowest BCUT2D eigenvalue weighted by Gasteiger charge is -2.26. The minimum absolute atomic E-state index is 0.0167. The summed E-state index contributed by atoms with van der Waals surface area (Å²) in [5.74, 6) is -0.444. The van der Waals surface area contributed by atoms with Gasteiger partial charge in [0.05, 0.1) is 41.3 Å². The number of hydrogen-bond acceptors (Lipinski definition) is 7. The Kier molecular flexibility index (Phi) is 8.22. The highest BCUT2D eigenvalue weighted by molar-refractivity contribution is 5.99. The van der Waals surface area contributed by atoms with Crippen LogP contribution in [0.5, 0.6) is 0 Å². The van der Waals surface area contributed by atoms with E-state index in [2.05, 4.69) is 20.4 Å². The van der Waals surface area contributed by atoms with E-state index in [0.29, 0.717) is 48.5 Å². The Morgan fingerprint density at radius 3 is 2.88 bits per heavy atom. The van der Waals surface area contributed by atoms with Crippen molar-refractivity contribution in [2.24, 2.45) is 4.99 Å². The Hall–Kier alpha value is -4.04. The van der Waals surface area contributed by atoms with Gasteiger partial charge in [-0.1, -0.05) is 11.2 Å². The third-order valence-corrected chi connectivity index (χ3v) is 6.77. The summed E-state index contributed by atoms with van der Waals surface area (Å²) in [6, 6.07) is 7.91. The van der Waals surface area contributed by atoms with Gasteiger partial charge in [-0.15, -0.1) is 0 Å². The fourth-order valence-electron chi connectivity index (χ4n) is 4.71. The van der Waals surface area contributed by atoms with Crippen LogP contribution in [-0.4, -0.2) is 82.0 Å². The van der Waals surface area contributed by atoms with Gasteiger partial charge in [0.25, 0.3) is 5.91 Å². The van der Waals surface area contributed by atoms with E-state index >= 15 is 0 Å². The Labute approximate surface area is 232 Å².